The van der Waals surface area contributed by atoms with Gasteiger partial charge in [-0.1, -0.05) is 13.8 Å². The molecule has 0 aliphatic heterocycles. The highest BCUT2D eigenvalue weighted by atomic mass is 35.5. The molecule has 1 heterocycles. The van der Waals surface area contributed by atoms with Crippen LogP contribution in [0, 0.1) is 5.92 Å². The van der Waals surface area contributed by atoms with E-state index in [0.717, 1.165) is 6.42 Å². The van der Waals surface area contributed by atoms with Crippen molar-refractivity contribution in [3.8, 4) is 5.88 Å². The van der Waals surface area contributed by atoms with Crippen molar-refractivity contribution in [2.24, 2.45) is 5.92 Å². The first-order valence-electron chi connectivity index (χ1n) is 5.37. The van der Waals surface area contributed by atoms with E-state index < -0.39 is 0 Å². The molecule has 4 nitrogen and oxygen atoms in total. The predicted molar refractivity (Wildman–Crippen MR) is 66.2 cm³/mol. The van der Waals surface area contributed by atoms with Gasteiger partial charge in [0.15, 0.2) is 0 Å². The SMILES string of the molecule is COc1ccnc(NC(CCCl)C(C)C)n1. The number of rotatable bonds is 6. The van der Waals surface area contributed by atoms with Gasteiger partial charge in [0.25, 0.3) is 0 Å². The lowest BCUT2D eigenvalue weighted by Crippen LogP contribution is -2.27. The molecule has 0 spiro atoms. The number of methoxy groups -OCH3 is 1. The number of aromatic nitrogens is 2. The fourth-order valence-corrected chi connectivity index (χ4v) is 1.62. The van der Waals surface area contributed by atoms with Crippen LogP contribution in [0.2, 0.25) is 0 Å². The van der Waals surface area contributed by atoms with Crippen molar-refractivity contribution in [3.63, 3.8) is 0 Å². The first kappa shape index (κ1) is 13.0. The zero-order chi connectivity index (χ0) is 12.0. The third kappa shape index (κ3) is 3.85. The minimum absolute atomic E-state index is 0.282. The van der Waals surface area contributed by atoms with Crippen molar-refractivity contribution < 1.29 is 4.74 Å². The fraction of sp³-hybridized carbons (Fsp3) is 0.636. The van der Waals surface area contributed by atoms with E-state index in [0.29, 0.717) is 23.6 Å². The van der Waals surface area contributed by atoms with Gasteiger partial charge in [-0.15, -0.1) is 11.6 Å². The molecule has 0 aliphatic carbocycles. The summed E-state index contributed by atoms with van der Waals surface area (Å²) in [7, 11) is 1.59. The third-order valence-electron chi connectivity index (χ3n) is 2.38. The Hall–Kier alpha value is -1.03. The van der Waals surface area contributed by atoms with E-state index in [9.17, 15) is 0 Å². The molecule has 0 fully saturated rings. The number of anilines is 1. The summed E-state index contributed by atoms with van der Waals surface area (Å²) in [6, 6.07) is 2.00. The summed E-state index contributed by atoms with van der Waals surface area (Å²) in [6.07, 6.45) is 2.56. The molecule has 1 aromatic heterocycles. The molecule has 90 valence electrons. The molecule has 1 rings (SSSR count). The van der Waals surface area contributed by atoms with Crippen molar-refractivity contribution in [2.75, 3.05) is 18.3 Å². The normalized spacial score (nSPS) is 12.6. The Balaban J connectivity index is 2.68. The van der Waals surface area contributed by atoms with Gasteiger partial charge in [0.2, 0.25) is 11.8 Å². The van der Waals surface area contributed by atoms with Crippen LogP contribution in [0.5, 0.6) is 5.88 Å². The Kier molecular flexibility index (Phi) is 5.32. The van der Waals surface area contributed by atoms with Gasteiger partial charge in [-0.2, -0.15) is 4.98 Å². The topological polar surface area (TPSA) is 47.0 Å². The molecule has 1 atom stereocenters. The standard InChI is InChI=1S/C11H18ClN3O/c1-8(2)9(4-6-12)14-11-13-7-5-10(15-11)16-3/h5,7-9H,4,6H2,1-3H3,(H,13,14,15). The highest BCUT2D eigenvalue weighted by Crippen LogP contribution is 2.14. The van der Waals surface area contributed by atoms with E-state index in [-0.39, 0.29) is 6.04 Å². The van der Waals surface area contributed by atoms with Gasteiger partial charge in [0.05, 0.1) is 7.11 Å². The van der Waals surface area contributed by atoms with Crippen LogP contribution < -0.4 is 10.1 Å². The molecule has 0 aromatic carbocycles. The van der Waals surface area contributed by atoms with E-state index in [1.54, 1.807) is 19.4 Å². The number of alkyl halides is 1. The molecule has 16 heavy (non-hydrogen) atoms. The van der Waals surface area contributed by atoms with E-state index >= 15 is 0 Å². The van der Waals surface area contributed by atoms with Crippen molar-refractivity contribution in [1.82, 2.24) is 9.97 Å². The number of nitrogens with one attached hydrogen (secondary N) is 1. The maximum Gasteiger partial charge on any atom is 0.226 e. The molecule has 5 heteroatoms. The Morgan fingerprint density at radius 2 is 2.25 bits per heavy atom. The molecule has 1 N–H and O–H groups in total. The monoisotopic (exact) mass is 243 g/mol. The largest absolute Gasteiger partial charge is 0.481 e. The van der Waals surface area contributed by atoms with Gasteiger partial charge in [-0.3, -0.25) is 0 Å². The van der Waals surface area contributed by atoms with Crippen molar-refractivity contribution in [3.05, 3.63) is 12.3 Å². The quantitative estimate of drug-likeness (QED) is 0.780. The van der Waals surface area contributed by atoms with Gasteiger partial charge >= 0.3 is 0 Å². The predicted octanol–water partition coefficient (Wildman–Crippen LogP) is 2.55. The lowest BCUT2D eigenvalue weighted by Gasteiger charge is -2.21. The molecule has 0 aliphatic rings. The summed E-state index contributed by atoms with van der Waals surface area (Å²) >= 11 is 5.76. The first-order chi connectivity index (χ1) is 7.67. The van der Waals surface area contributed by atoms with Gasteiger partial charge in [-0.05, 0) is 12.3 Å². The Morgan fingerprint density at radius 1 is 1.50 bits per heavy atom. The second kappa shape index (κ2) is 6.53. The van der Waals surface area contributed by atoms with Crippen LogP contribution in [-0.2, 0) is 0 Å². The lowest BCUT2D eigenvalue weighted by molar-refractivity contribution is 0.396. The number of halogens is 1. The Bertz CT molecular complexity index is 320. The molecule has 0 saturated carbocycles. The number of hydrogen-bond acceptors (Lipinski definition) is 4. The zero-order valence-electron chi connectivity index (χ0n) is 9.90. The van der Waals surface area contributed by atoms with Crippen LogP contribution >= 0.6 is 11.6 Å². The van der Waals surface area contributed by atoms with E-state index in [2.05, 4.69) is 29.1 Å². The van der Waals surface area contributed by atoms with Crippen LogP contribution in [0.25, 0.3) is 0 Å². The van der Waals surface area contributed by atoms with Gasteiger partial charge in [0.1, 0.15) is 0 Å². The molecule has 0 amide bonds. The number of hydrogen-bond donors (Lipinski definition) is 1. The van der Waals surface area contributed by atoms with Crippen LogP contribution in [0.3, 0.4) is 0 Å². The second-order valence-electron chi connectivity index (χ2n) is 3.90. The van der Waals surface area contributed by atoms with E-state index in [1.807, 2.05) is 0 Å². The number of ether oxygens (including phenoxy) is 1. The van der Waals surface area contributed by atoms with Crippen molar-refractivity contribution in [2.45, 2.75) is 26.3 Å². The Morgan fingerprint density at radius 3 is 2.81 bits per heavy atom. The van der Waals surface area contributed by atoms with E-state index in [1.165, 1.54) is 0 Å². The summed E-state index contributed by atoms with van der Waals surface area (Å²) in [5.74, 6) is 2.25. The van der Waals surface area contributed by atoms with Crippen LogP contribution in [0.4, 0.5) is 5.95 Å². The molecular weight excluding hydrogens is 226 g/mol. The minimum Gasteiger partial charge on any atom is -0.481 e. The summed E-state index contributed by atoms with van der Waals surface area (Å²) < 4.78 is 5.04. The average Bonchev–Trinajstić information content (AvgIpc) is 2.28. The van der Waals surface area contributed by atoms with Gasteiger partial charge in [0, 0.05) is 24.2 Å². The zero-order valence-corrected chi connectivity index (χ0v) is 10.7. The molecule has 1 aromatic rings. The number of nitrogens with zero attached hydrogens (tertiary/aromatic N) is 2. The van der Waals surface area contributed by atoms with Crippen LogP contribution in [0.15, 0.2) is 12.3 Å². The van der Waals surface area contributed by atoms with Crippen molar-refractivity contribution in [1.29, 1.82) is 0 Å². The van der Waals surface area contributed by atoms with Gasteiger partial charge in [-0.25, -0.2) is 4.98 Å². The minimum atomic E-state index is 0.282. The molecule has 1 unspecified atom stereocenters. The highest BCUT2D eigenvalue weighted by molar-refractivity contribution is 6.17. The fourth-order valence-electron chi connectivity index (χ4n) is 1.38. The maximum atomic E-state index is 5.76. The third-order valence-corrected chi connectivity index (χ3v) is 2.60. The summed E-state index contributed by atoms with van der Waals surface area (Å²) in [6.45, 7) is 4.29. The van der Waals surface area contributed by atoms with Crippen molar-refractivity contribution >= 4 is 17.5 Å². The molecule has 0 bridgehead atoms. The molecular formula is C11H18ClN3O. The van der Waals surface area contributed by atoms with Gasteiger partial charge < -0.3 is 10.1 Å². The Labute approximate surface area is 101 Å². The van der Waals surface area contributed by atoms with E-state index in [4.69, 9.17) is 16.3 Å². The average molecular weight is 244 g/mol. The molecule has 0 saturated heterocycles. The second-order valence-corrected chi connectivity index (χ2v) is 4.27. The summed E-state index contributed by atoms with van der Waals surface area (Å²) in [4.78, 5) is 8.35. The smallest absolute Gasteiger partial charge is 0.226 e. The summed E-state index contributed by atoms with van der Waals surface area (Å²) in [5, 5.41) is 3.27. The highest BCUT2D eigenvalue weighted by Gasteiger charge is 2.13. The maximum absolute atomic E-state index is 5.76. The molecule has 0 radical (unpaired) electrons. The van der Waals surface area contributed by atoms with Crippen LogP contribution in [-0.4, -0.2) is 29.0 Å². The van der Waals surface area contributed by atoms with Crippen LogP contribution in [0.1, 0.15) is 20.3 Å². The summed E-state index contributed by atoms with van der Waals surface area (Å²) in [5.41, 5.74) is 0. The lowest BCUT2D eigenvalue weighted by atomic mass is 10.0. The first-order valence-corrected chi connectivity index (χ1v) is 5.90.